The summed E-state index contributed by atoms with van der Waals surface area (Å²) in [5, 5.41) is 11.2. The number of carboxylic acid groups (broad SMARTS) is 1. The topological polar surface area (TPSA) is 82.5 Å². The summed E-state index contributed by atoms with van der Waals surface area (Å²) in [7, 11) is 1.55. The number of hydrogen-bond acceptors (Lipinski definition) is 3. The lowest BCUT2D eigenvalue weighted by atomic mass is 10.4. The lowest BCUT2D eigenvalue weighted by Gasteiger charge is -2.17. The van der Waals surface area contributed by atoms with E-state index >= 15 is 0 Å². The maximum absolute atomic E-state index is 11.7. The van der Waals surface area contributed by atoms with Crippen molar-refractivity contribution < 1.29 is 14.7 Å². The molecule has 2 amide bonds. The monoisotopic (exact) mass is 349 g/mol. The minimum atomic E-state index is -0.928. The van der Waals surface area contributed by atoms with E-state index < -0.39 is 5.97 Å². The van der Waals surface area contributed by atoms with E-state index in [9.17, 15) is 9.59 Å². The number of carbonyl (C=O) groups is 2. The zero-order valence-corrected chi connectivity index (χ0v) is 11.3. The fourth-order valence-electron chi connectivity index (χ4n) is 1.05. The number of carboxylic acids is 1. The third kappa shape index (κ3) is 4.55. The average Bonchev–Trinajstić information content (AvgIpc) is 2.28. The molecule has 0 saturated carbocycles. The number of anilines is 1. The number of hydrogen-bond donors (Lipinski definition) is 2. The first-order valence-electron chi connectivity index (χ1n) is 4.84. The first-order valence-corrected chi connectivity index (χ1v) is 5.92. The number of aromatic nitrogens is 1. The first kappa shape index (κ1) is 13.7. The van der Waals surface area contributed by atoms with Gasteiger partial charge in [0, 0.05) is 26.0 Å². The third-order valence-electron chi connectivity index (χ3n) is 2.02. The van der Waals surface area contributed by atoms with E-state index in [2.05, 4.69) is 32.9 Å². The molecule has 0 spiro atoms. The fourth-order valence-corrected chi connectivity index (χ4v) is 1.53. The van der Waals surface area contributed by atoms with Gasteiger partial charge in [0.15, 0.2) is 0 Å². The second kappa shape index (κ2) is 6.38. The SMILES string of the molecule is CN(CCC(=O)O)C(=O)Nc1ccncc1I. The summed E-state index contributed by atoms with van der Waals surface area (Å²) in [6.07, 6.45) is 3.14. The maximum Gasteiger partial charge on any atom is 0.321 e. The molecule has 17 heavy (non-hydrogen) atoms. The lowest BCUT2D eigenvalue weighted by Crippen LogP contribution is -2.33. The van der Waals surface area contributed by atoms with Gasteiger partial charge in [-0.1, -0.05) is 0 Å². The standard InChI is InChI=1S/C10H12IN3O3/c1-14(5-3-9(15)16)10(17)13-8-2-4-12-6-7(8)11/h2,4,6H,3,5H2,1H3,(H,15,16)(H,12,13,17). The van der Waals surface area contributed by atoms with Crippen LogP contribution in [0.2, 0.25) is 0 Å². The Kier molecular flexibility index (Phi) is 5.13. The van der Waals surface area contributed by atoms with Crippen molar-refractivity contribution in [1.29, 1.82) is 0 Å². The molecule has 0 aliphatic carbocycles. The maximum atomic E-state index is 11.7. The van der Waals surface area contributed by atoms with E-state index in [1.165, 1.54) is 4.90 Å². The van der Waals surface area contributed by atoms with Crippen molar-refractivity contribution in [2.24, 2.45) is 0 Å². The second-order valence-corrected chi connectivity index (χ2v) is 4.51. The number of nitrogens with one attached hydrogen (secondary N) is 1. The van der Waals surface area contributed by atoms with E-state index in [4.69, 9.17) is 5.11 Å². The van der Waals surface area contributed by atoms with Gasteiger partial charge < -0.3 is 15.3 Å². The van der Waals surface area contributed by atoms with Gasteiger partial charge in [0.1, 0.15) is 0 Å². The molecule has 0 aliphatic rings. The van der Waals surface area contributed by atoms with E-state index in [1.54, 1.807) is 25.5 Å². The Morgan fingerprint density at radius 1 is 1.59 bits per heavy atom. The molecule has 0 radical (unpaired) electrons. The molecule has 2 N–H and O–H groups in total. The van der Waals surface area contributed by atoms with Gasteiger partial charge in [0.2, 0.25) is 0 Å². The van der Waals surface area contributed by atoms with Crippen LogP contribution >= 0.6 is 22.6 Å². The lowest BCUT2D eigenvalue weighted by molar-refractivity contribution is -0.137. The van der Waals surface area contributed by atoms with Gasteiger partial charge >= 0.3 is 12.0 Å². The highest BCUT2D eigenvalue weighted by atomic mass is 127. The zero-order chi connectivity index (χ0) is 12.8. The summed E-state index contributed by atoms with van der Waals surface area (Å²) in [6.45, 7) is 0.169. The van der Waals surface area contributed by atoms with Crippen LogP contribution in [-0.2, 0) is 4.79 Å². The molecule has 0 fully saturated rings. The molecule has 0 unspecified atom stereocenters. The van der Waals surface area contributed by atoms with Gasteiger partial charge in [-0.3, -0.25) is 9.78 Å². The summed E-state index contributed by atoms with van der Waals surface area (Å²) in [5.74, 6) is -0.928. The Morgan fingerprint density at radius 2 is 2.29 bits per heavy atom. The number of pyridine rings is 1. The molecule has 1 heterocycles. The minimum Gasteiger partial charge on any atom is -0.481 e. The van der Waals surface area contributed by atoms with Crippen LogP contribution in [-0.4, -0.2) is 40.6 Å². The molecule has 0 saturated heterocycles. The molecule has 0 aromatic carbocycles. The zero-order valence-electron chi connectivity index (χ0n) is 9.18. The van der Waals surface area contributed by atoms with Crippen LogP contribution in [0.4, 0.5) is 10.5 Å². The van der Waals surface area contributed by atoms with Crippen LogP contribution in [0.1, 0.15) is 6.42 Å². The Labute approximate surface area is 112 Å². The highest BCUT2D eigenvalue weighted by Crippen LogP contribution is 2.15. The summed E-state index contributed by atoms with van der Waals surface area (Å²) >= 11 is 2.06. The van der Waals surface area contributed by atoms with Crippen molar-refractivity contribution in [3.05, 3.63) is 22.0 Å². The quantitative estimate of drug-likeness (QED) is 0.810. The largest absolute Gasteiger partial charge is 0.481 e. The van der Waals surface area contributed by atoms with Crippen molar-refractivity contribution in [2.75, 3.05) is 18.9 Å². The van der Waals surface area contributed by atoms with Gasteiger partial charge in [-0.15, -0.1) is 0 Å². The number of amides is 2. The van der Waals surface area contributed by atoms with E-state index in [0.29, 0.717) is 5.69 Å². The molecule has 6 nitrogen and oxygen atoms in total. The summed E-state index contributed by atoms with van der Waals surface area (Å²) in [4.78, 5) is 27.3. The molecular formula is C10H12IN3O3. The van der Waals surface area contributed by atoms with Crippen molar-refractivity contribution >= 4 is 40.3 Å². The Morgan fingerprint density at radius 3 is 2.88 bits per heavy atom. The molecule has 1 aromatic rings. The number of nitrogens with zero attached hydrogens (tertiary/aromatic N) is 2. The van der Waals surface area contributed by atoms with E-state index in [-0.39, 0.29) is 19.0 Å². The van der Waals surface area contributed by atoms with Gasteiger partial charge in [-0.2, -0.15) is 0 Å². The van der Waals surface area contributed by atoms with Gasteiger partial charge in [0.25, 0.3) is 0 Å². The van der Waals surface area contributed by atoms with Gasteiger partial charge in [-0.05, 0) is 28.7 Å². The summed E-state index contributed by atoms with van der Waals surface area (Å²) < 4.78 is 0.824. The number of carbonyl (C=O) groups excluding carboxylic acids is 1. The number of urea groups is 1. The molecule has 7 heteroatoms. The Hall–Kier alpha value is -1.38. The molecule has 0 aliphatic heterocycles. The predicted molar refractivity (Wildman–Crippen MR) is 70.9 cm³/mol. The molecule has 92 valence electrons. The number of aliphatic carboxylic acids is 1. The van der Waals surface area contributed by atoms with Crippen LogP contribution in [0.3, 0.4) is 0 Å². The van der Waals surface area contributed by atoms with Gasteiger partial charge in [-0.25, -0.2) is 4.79 Å². The number of halogens is 1. The molecule has 0 bridgehead atoms. The fraction of sp³-hybridized carbons (Fsp3) is 0.300. The summed E-state index contributed by atoms with van der Waals surface area (Å²) in [6, 6.07) is 1.35. The normalized spacial score (nSPS) is 9.76. The Bertz CT molecular complexity index is 425. The average molecular weight is 349 g/mol. The highest BCUT2D eigenvalue weighted by Gasteiger charge is 2.11. The highest BCUT2D eigenvalue weighted by molar-refractivity contribution is 14.1. The third-order valence-corrected chi connectivity index (χ3v) is 2.88. The van der Waals surface area contributed by atoms with Crippen molar-refractivity contribution in [2.45, 2.75) is 6.42 Å². The van der Waals surface area contributed by atoms with Crippen molar-refractivity contribution in [3.63, 3.8) is 0 Å². The van der Waals surface area contributed by atoms with Crippen LogP contribution in [0.25, 0.3) is 0 Å². The molecular weight excluding hydrogens is 337 g/mol. The predicted octanol–water partition coefficient (Wildman–Crippen LogP) is 1.62. The molecule has 0 atom stereocenters. The first-order chi connectivity index (χ1) is 8.00. The van der Waals surface area contributed by atoms with Crippen LogP contribution in [0.5, 0.6) is 0 Å². The Balaban J connectivity index is 2.54. The van der Waals surface area contributed by atoms with Crippen molar-refractivity contribution in [3.8, 4) is 0 Å². The number of rotatable bonds is 4. The van der Waals surface area contributed by atoms with Gasteiger partial charge in [0.05, 0.1) is 15.7 Å². The van der Waals surface area contributed by atoms with Crippen LogP contribution in [0, 0.1) is 3.57 Å². The van der Waals surface area contributed by atoms with Crippen LogP contribution in [0.15, 0.2) is 18.5 Å². The molecule has 1 aromatic heterocycles. The van der Waals surface area contributed by atoms with E-state index in [0.717, 1.165) is 3.57 Å². The summed E-state index contributed by atoms with van der Waals surface area (Å²) in [5.41, 5.74) is 0.660. The second-order valence-electron chi connectivity index (χ2n) is 3.35. The van der Waals surface area contributed by atoms with E-state index in [1.807, 2.05) is 0 Å². The minimum absolute atomic E-state index is 0.0721. The molecule has 1 rings (SSSR count). The smallest absolute Gasteiger partial charge is 0.321 e. The van der Waals surface area contributed by atoms with Crippen molar-refractivity contribution in [1.82, 2.24) is 9.88 Å². The van der Waals surface area contributed by atoms with Crippen LogP contribution < -0.4 is 5.32 Å².